The number of hydrogen-bond acceptors (Lipinski definition) is 3. The Balaban J connectivity index is 1.90. The molecule has 108 valence electrons. The van der Waals surface area contributed by atoms with Crippen LogP contribution in [0.25, 0.3) is 0 Å². The number of amides is 1. The van der Waals surface area contributed by atoms with E-state index in [0.29, 0.717) is 18.8 Å². The molecule has 1 N–H and O–H groups in total. The first-order valence-corrected chi connectivity index (χ1v) is 6.96. The summed E-state index contributed by atoms with van der Waals surface area (Å²) in [6.45, 7) is 8.10. The van der Waals surface area contributed by atoms with Crippen molar-refractivity contribution >= 4 is 11.9 Å². The molecule has 3 atom stereocenters. The first kappa shape index (κ1) is 14.3. The number of likely N-dealkylation sites (tertiary alicyclic amines) is 1. The molecule has 0 aromatic rings. The van der Waals surface area contributed by atoms with Gasteiger partial charge in [-0.1, -0.05) is 20.8 Å². The first-order chi connectivity index (χ1) is 8.79. The quantitative estimate of drug-likeness (QED) is 0.825. The number of carbonyl (C=O) groups is 2. The molecule has 19 heavy (non-hydrogen) atoms. The Morgan fingerprint density at radius 1 is 1.16 bits per heavy atom. The van der Waals surface area contributed by atoms with Gasteiger partial charge in [0.2, 0.25) is 0 Å². The van der Waals surface area contributed by atoms with Gasteiger partial charge in [0.25, 0.3) is 5.91 Å². The molecule has 1 unspecified atom stereocenters. The van der Waals surface area contributed by atoms with Crippen molar-refractivity contribution in [1.29, 1.82) is 0 Å². The molecular formula is C14H23NO4. The Morgan fingerprint density at radius 2 is 1.79 bits per heavy atom. The summed E-state index contributed by atoms with van der Waals surface area (Å²) in [4.78, 5) is 25.0. The molecule has 0 aromatic heterocycles. The topological polar surface area (TPSA) is 66.8 Å². The SMILES string of the molecule is CC(C)(C)C1CCN(C(=O)[C@@H]2CC[C@H](C(=O)O)O2)C1. The van der Waals surface area contributed by atoms with Crippen LogP contribution in [0.1, 0.15) is 40.0 Å². The monoisotopic (exact) mass is 269 g/mol. The van der Waals surface area contributed by atoms with Gasteiger partial charge in [-0.15, -0.1) is 0 Å². The Bertz CT molecular complexity index is 374. The lowest BCUT2D eigenvalue weighted by atomic mass is 9.80. The van der Waals surface area contributed by atoms with E-state index in [4.69, 9.17) is 9.84 Å². The molecule has 0 radical (unpaired) electrons. The fourth-order valence-corrected chi connectivity index (χ4v) is 2.87. The molecule has 0 spiro atoms. The average molecular weight is 269 g/mol. The van der Waals surface area contributed by atoms with Gasteiger partial charge in [0.1, 0.15) is 6.10 Å². The highest BCUT2D eigenvalue weighted by atomic mass is 16.5. The van der Waals surface area contributed by atoms with Crippen molar-refractivity contribution in [3.8, 4) is 0 Å². The van der Waals surface area contributed by atoms with Crippen molar-refractivity contribution in [3.05, 3.63) is 0 Å². The van der Waals surface area contributed by atoms with Gasteiger partial charge in [-0.2, -0.15) is 0 Å². The lowest BCUT2D eigenvalue weighted by Crippen LogP contribution is -2.39. The second-order valence-corrected chi connectivity index (χ2v) is 6.66. The fraction of sp³-hybridized carbons (Fsp3) is 0.857. The summed E-state index contributed by atoms with van der Waals surface area (Å²) in [5, 5.41) is 8.88. The molecule has 2 aliphatic rings. The Morgan fingerprint density at radius 3 is 2.26 bits per heavy atom. The first-order valence-electron chi connectivity index (χ1n) is 6.96. The smallest absolute Gasteiger partial charge is 0.332 e. The number of aliphatic carboxylic acids is 1. The van der Waals surface area contributed by atoms with E-state index in [-0.39, 0.29) is 11.3 Å². The van der Waals surface area contributed by atoms with Crippen molar-refractivity contribution in [2.24, 2.45) is 11.3 Å². The lowest BCUT2D eigenvalue weighted by molar-refractivity contribution is -0.154. The number of carbonyl (C=O) groups excluding carboxylic acids is 1. The molecule has 5 nitrogen and oxygen atoms in total. The van der Waals surface area contributed by atoms with Crippen LogP contribution in [0.3, 0.4) is 0 Å². The molecule has 1 amide bonds. The van der Waals surface area contributed by atoms with Crippen LogP contribution in [-0.4, -0.2) is 47.2 Å². The summed E-state index contributed by atoms with van der Waals surface area (Å²) in [6, 6.07) is 0. The normalized spacial score (nSPS) is 31.7. The van der Waals surface area contributed by atoms with Crippen LogP contribution in [0.15, 0.2) is 0 Å². The minimum Gasteiger partial charge on any atom is -0.479 e. The van der Waals surface area contributed by atoms with Crippen LogP contribution >= 0.6 is 0 Å². The molecule has 2 fully saturated rings. The molecule has 0 bridgehead atoms. The second kappa shape index (κ2) is 5.12. The summed E-state index contributed by atoms with van der Waals surface area (Å²) in [5.74, 6) is -0.493. The number of carboxylic acids is 1. The number of rotatable bonds is 2. The van der Waals surface area contributed by atoms with Gasteiger partial charge in [-0.05, 0) is 30.6 Å². The van der Waals surface area contributed by atoms with Gasteiger partial charge in [0.05, 0.1) is 0 Å². The fourth-order valence-electron chi connectivity index (χ4n) is 2.87. The summed E-state index contributed by atoms with van der Waals surface area (Å²) in [6.07, 6.45) is 0.605. The summed E-state index contributed by atoms with van der Waals surface area (Å²) in [7, 11) is 0. The second-order valence-electron chi connectivity index (χ2n) is 6.66. The Hall–Kier alpha value is -1.10. The Kier molecular flexibility index (Phi) is 3.85. The van der Waals surface area contributed by atoms with E-state index in [1.807, 2.05) is 4.90 Å². The van der Waals surface area contributed by atoms with Crippen molar-refractivity contribution < 1.29 is 19.4 Å². The van der Waals surface area contributed by atoms with Gasteiger partial charge in [0.15, 0.2) is 6.10 Å². The van der Waals surface area contributed by atoms with Crippen LogP contribution < -0.4 is 0 Å². The van der Waals surface area contributed by atoms with Gasteiger partial charge < -0.3 is 14.7 Å². The molecule has 0 aromatic carbocycles. The van der Waals surface area contributed by atoms with E-state index >= 15 is 0 Å². The van der Waals surface area contributed by atoms with Gasteiger partial charge in [0, 0.05) is 13.1 Å². The maximum absolute atomic E-state index is 12.3. The number of carboxylic acid groups (broad SMARTS) is 1. The molecule has 5 heteroatoms. The third-order valence-electron chi connectivity index (χ3n) is 4.30. The van der Waals surface area contributed by atoms with Crippen LogP contribution in [0.2, 0.25) is 0 Å². The van der Waals surface area contributed by atoms with Crippen LogP contribution in [0.4, 0.5) is 0 Å². The molecule has 0 saturated carbocycles. The van der Waals surface area contributed by atoms with Crippen molar-refractivity contribution in [2.45, 2.75) is 52.2 Å². The van der Waals surface area contributed by atoms with E-state index in [1.165, 1.54) is 0 Å². The summed E-state index contributed by atoms with van der Waals surface area (Å²) in [5.41, 5.74) is 0.204. The maximum Gasteiger partial charge on any atom is 0.332 e. The minimum absolute atomic E-state index is 0.0319. The summed E-state index contributed by atoms with van der Waals surface area (Å²) >= 11 is 0. The van der Waals surface area contributed by atoms with Crippen molar-refractivity contribution in [1.82, 2.24) is 4.90 Å². The number of ether oxygens (including phenoxy) is 1. The van der Waals surface area contributed by atoms with E-state index in [2.05, 4.69) is 20.8 Å². The maximum atomic E-state index is 12.3. The highest BCUT2D eigenvalue weighted by Gasteiger charge is 2.40. The Labute approximate surface area is 113 Å². The van der Waals surface area contributed by atoms with Gasteiger partial charge >= 0.3 is 5.97 Å². The van der Waals surface area contributed by atoms with E-state index in [1.54, 1.807) is 0 Å². The van der Waals surface area contributed by atoms with E-state index in [0.717, 1.165) is 19.5 Å². The van der Waals surface area contributed by atoms with Crippen molar-refractivity contribution in [3.63, 3.8) is 0 Å². The predicted octanol–water partition coefficient (Wildman–Crippen LogP) is 1.51. The highest BCUT2D eigenvalue weighted by Crippen LogP contribution is 2.34. The molecule has 2 rings (SSSR count). The zero-order valence-electron chi connectivity index (χ0n) is 11.9. The lowest BCUT2D eigenvalue weighted by Gasteiger charge is -2.27. The van der Waals surface area contributed by atoms with E-state index < -0.39 is 18.2 Å². The molecular weight excluding hydrogens is 246 g/mol. The summed E-state index contributed by atoms with van der Waals surface area (Å²) < 4.78 is 5.33. The van der Waals surface area contributed by atoms with E-state index in [9.17, 15) is 9.59 Å². The molecule has 0 aliphatic carbocycles. The largest absolute Gasteiger partial charge is 0.479 e. The zero-order valence-corrected chi connectivity index (χ0v) is 11.9. The number of hydrogen-bond donors (Lipinski definition) is 1. The van der Waals surface area contributed by atoms with Gasteiger partial charge in [-0.25, -0.2) is 4.79 Å². The van der Waals surface area contributed by atoms with Crippen molar-refractivity contribution in [2.75, 3.05) is 13.1 Å². The van der Waals surface area contributed by atoms with Gasteiger partial charge in [-0.3, -0.25) is 4.79 Å². The molecule has 2 heterocycles. The third kappa shape index (κ3) is 3.08. The molecule has 2 saturated heterocycles. The standard InChI is InChI=1S/C14H23NO4/c1-14(2,3)9-6-7-15(8-9)12(16)10-4-5-11(19-10)13(17)18/h9-11H,4-8H2,1-3H3,(H,17,18)/t9?,10-,11+/m0/s1. The molecule has 2 aliphatic heterocycles. The number of nitrogens with zero attached hydrogens (tertiary/aromatic N) is 1. The minimum atomic E-state index is -0.968. The predicted molar refractivity (Wildman–Crippen MR) is 69.7 cm³/mol. The average Bonchev–Trinajstić information content (AvgIpc) is 2.97. The third-order valence-corrected chi connectivity index (χ3v) is 4.30. The highest BCUT2D eigenvalue weighted by molar-refractivity contribution is 5.83. The zero-order chi connectivity index (χ0) is 14.2. The van der Waals surface area contributed by atoms with Crippen LogP contribution in [0.5, 0.6) is 0 Å². The van der Waals surface area contributed by atoms with Crippen LogP contribution in [-0.2, 0) is 14.3 Å². The van der Waals surface area contributed by atoms with Crippen LogP contribution in [0, 0.1) is 11.3 Å².